The summed E-state index contributed by atoms with van der Waals surface area (Å²) >= 11 is 10.3. The van der Waals surface area contributed by atoms with Crippen molar-refractivity contribution in [2.75, 3.05) is 36.1 Å². The third kappa shape index (κ3) is 6.17. The highest BCUT2D eigenvalue weighted by Gasteiger charge is 2.52. The second-order valence-corrected chi connectivity index (χ2v) is 18.8. The van der Waals surface area contributed by atoms with Gasteiger partial charge in [-0.2, -0.15) is 0 Å². The summed E-state index contributed by atoms with van der Waals surface area (Å²) in [4.78, 5) is 15.9. The number of fused-ring (bicyclic) bond motifs is 4. The van der Waals surface area contributed by atoms with Gasteiger partial charge in [0.2, 0.25) is 0 Å². The number of nitrogens with one attached hydrogen (secondary N) is 1. The van der Waals surface area contributed by atoms with Crippen molar-refractivity contribution >= 4 is 57.7 Å². The molecule has 3 heterocycles. The molecule has 2 N–H and O–H groups in total. The zero-order valence-electron chi connectivity index (χ0n) is 26.7. The lowest BCUT2D eigenvalue weighted by molar-refractivity contribution is -0.0333. The lowest BCUT2D eigenvalue weighted by Gasteiger charge is -2.51. The summed E-state index contributed by atoms with van der Waals surface area (Å²) in [5.41, 5.74) is 2.83. The van der Waals surface area contributed by atoms with Gasteiger partial charge in [-0.3, -0.25) is 9.52 Å². The van der Waals surface area contributed by atoms with Gasteiger partial charge in [-0.25, -0.2) is 4.21 Å². The van der Waals surface area contributed by atoms with E-state index >= 15 is 0 Å². The summed E-state index contributed by atoms with van der Waals surface area (Å²) in [6, 6.07) is 11.9. The van der Waals surface area contributed by atoms with Gasteiger partial charge in [-0.1, -0.05) is 36.7 Å². The maximum Gasteiger partial charge on any atom is 0.263 e. The van der Waals surface area contributed by atoms with E-state index in [1.807, 2.05) is 48.6 Å². The number of anilines is 1. The summed E-state index contributed by atoms with van der Waals surface area (Å²) in [6.07, 6.45) is 11.2. The van der Waals surface area contributed by atoms with Gasteiger partial charge in [-0.05, 0) is 123 Å². The van der Waals surface area contributed by atoms with Crippen LogP contribution in [0, 0.1) is 17.8 Å². The molecular weight excluding hydrogens is 656 g/mol. The molecule has 0 aromatic heterocycles. The first-order valence-corrected chi connectivity index (χ1v) is 20.5. The maximum atomic E-state index is 13.5. The number of carbonyl (C=O) groups is 1. The molecule has 1 saturated carbocycles. The highest BCUT2D eigenvalue weighted by atomic mass is 35.5. The van der Waals surface area contributed by atoms with Gasteiger partial charge in [0.05, 0.1) is 22.1 Å². The van der Waals surface area contributed by atoms with E-state index in [0.29, 0.717) is 24.5 Å². The predicted molar refractivity (Wildman–Crippen MR) is 193 cm³/mol. The van der Waals surface area contributed by atoms with Gasteiger partial charge in [0.1, 0.15) is 22.3 Å². The quantitative estimate of drug-likeness (QED) is 0.306. The lowest BCUT2D eigenvalue weighted by atomic mass is 9.64. The molecule has 2 bridgehead atoms. The van der Waals surface area contributed by atoms with Gasteiger partial charge < -0.3 is 14.7 Å². The van der Waals surface area contributed by atoms with Gasteiger partial charge in [-0.15, -0.1) is 23.5 Å². The monoisotopic (exact) mass is 700 g/mol. The minimum atomic E-state index is -1.55. The van der Waals surface area contributed by atoms with E-state index in [0.717, 1.165) is 73.2 Å². The van der Waals surface area contributed by atoms with Crippen LogP contribution in [0.4, 0.5) is 5.69 Å². The number of thioether (sulfide) groups is 2. The molecule has 1 spiro atoms. The molecule has 7 rings (SSSR count). The first-order valence-electron chi connectivity index (χ1n) is 16.8. The molecule has 2 fully saturated rings. The maximum absolute atomic E-state index is 13.5. The number of aryl methyl sites for hydroxylation is 1. The van der Waals surface area contributed by atoms with E-state index in [9.17, 15) is 14.1 Å². The van der Waals surface area contributed by atoms with E-state index in [4.69, 9.17) is 16.3 Å². The minimum absolute atomic E-state index is 0.0683. The topological polar surface area (TPSA) is 78.9 Å². The van der Waals surface area contributed by atoms with Crippen molar-refractivity contribution in [3.63, 3.8) is 0 Å². The average Bonchev–Trinajstić information content (AvgIpc) is 3.19. The smallest absolute Gasteiger partial charge is 0.263 e. The third-order valence-corrected chi connectivity index (χ3v) is 16.2. The Morgan fingerprint density at radius 3 is 2.72 bits per heavy atom. The molecular formula is C36H45ClN2O4S3. The number of benzene rings is 2. The number of amides is 1. The zero-order chi connectivity index (χ0) is 32.1. The highest BCUT2D eigenvalue weighted by molar-refractivity contribution is 8.17. The van der Waals surface area contributed by atoms with Gasteiger partial charge in [0, 0.05) is 29.1 Å². The van der Waals surface area contributed by atoms with E-state index in [-0.39, 0.29) is 33.0 Å². The molecule has 248 valence electrons. The van der Waals surface area contributed by atoms with Gasteiger partial charge in [0.25, 0.3) is 5.91 Å². The van der Waals surface area contributed by atoms with E-state index < -0.39 is 16.6 Å². The Balaban J connectivity index is 1.31. The van der Waals surface area contributed by atoms with Crippen LogP contribution in [0.3, 0.4) is 0 Å². The Labute approximate surface area is 289 Å². The Kier molecular flexibility index (Phi) is 9.53. The predicted octanol–water partition coefficient (Wildman–Crippen LogP) is 7.14. The van der Waals surface area contributed by atoms with Crippen LogP contribution in [0.5, 0.6) is 5.75 Å². The third-order valence-electron chi connectivity index (χ3n) is 11.2. The van der Waals surface area contributed by atoms with Crippen LogP contribution in [0.15, 0.2) is 48.6 Å². The van der Waals surface area contributed by atoms with Crippen molar-refractivity contribution in [1.82, 2.24) is 4.72 Å². The number of ether oxygens (including phenoxy) is 1. The molecule has 5 aliphatic rings. The van der Waals surface area contributed by atoms with Crippen LogP contribution in [0.25, 0.3) is 0 Å². The van der Waals surface area contributed by atoms with Gasteiger partial charge >= 0.3 is 0 Å². The Hall–Kier alpha value is -1.65. The number of aliphatic hydroxyl groups is 1. The van der Waals surface area contributed by atoms with Crippen molar-refractivity contribution in [3.8, 4) is 5.75 Å². The first kappa shape index (κ1) is 32.9. The van der Waals surface area contributed by atoms with Crippen LogP contribution in [-0.2, 0) is 22.8 Å². The molecule has 1 saturated heterocycles. The number of hydrogen-bond acceptors (Lipinski definition) is 7. The average molecular weight is 701 g/mol. The number of hydrogen-bond donors (Lipinski definition) is 2. The first-order chi connectivity index (χ1) is 22.2. The summed E-state index contributed by atoms with van der Waals surface area (Å²) in [5, 5.41) is 13.2. The standard InChI is InChI=1S/C36H45ClN2O4S3/c1-23-6-3-15-36(41,34-44-16-5-17-45-34)30-11-8-27(30)20-39-21-35(14-4-7-25-18-28(37)10-12-29(25)35)22-43-32-13-9-26(19-31(32)39)33(40)38-46(42)24(23)2/h3,9-10,12-13,15,18-19,23-24,27,30,34,41H,4-8,11,14,16-17,20-22H2,1-2H3,(H,38,40)/b15-3+/t23?,24?,27?,30?,35-,36+,46?/m0/s1. The Morgan fingerprint density at radius 1 is 1.11 bits per heavy atom. The SMILES string of the molecule is CC1C/C=C/[C@](O)(C2SCCCS2)C2CCC2CN2C[C@@]3(CCCc4cc(Cl)ccc43)COc3ccc(cc32)C(=O)NS(=O)C1C. The molecule has 1 amide bonds. The largest absolute Gasteiger partial charge is 0.490 e. The second kappa shape index (κ2) is 13.3. The van der Waals surface area contributed by atoms with Crippen molar-refractivity contribution in [2.24, 2.45) is 17.8 Å². The number of carbonyl (C=O) groups excluding carboxylic acids is 1. The van der Waals surface area contributed by atoms with Crippen LogP contribution in [-0.4, -0.2) is 61.9 Å². The van der Waals surface area contributed by atoms with Crippen molar-refractivity contribution in [3.05, 3.63) is 70.3 Å². The summed E-state index contributed by atoms with van der Waals surface area (Å²) in [5.74, 6) is 3.08. The molecule has 2 aromatic carbocycles. The normalized spacial score (nSPS) is 36.0. The van der Waals surface area contributed by atoms with Crippen molar-refractivity contribution in [2.45, 2.75) is 79.6 Å². The molecule has 46 heavy (non-hydrogen) atoms. The molecule has 2 aliphatic carbocycles. The van der Waals surface area contributed by atoms with Crippen LogP contribution < -0.4 is 14.4 Å². The fraction of sp³-hybridized carbons (Fsp3) is 0.583. The summed E-state index contributed by atoms with van der Waals surface area (Å²) < 4.78 is 22.9. The molecule has 7 atom stereocenters. The van der Waals surface area contributed by atoms with Crippen LogP contribution in [0.1, 0.15) is 73.9 Å². The van der Waals surface area contributed by atoms with Gasteiger partial charge in [0.15, 0.2) is 0 Å². The number of allylic oxidation sites excluding steroid dienone is 1. The lowest BCUT2D eigenvalue weighted by Crippen LogP contribution is -2.55. The molecule has 5 unspecified atom stereocenters. The van der Waals surface area contributed by atoms with Crippen LogP contribution in [0.2, 0.25) is 5.02 Å². The van der Waals surface area contributed by atoms with Crippen molar-refractivity contribution in [1.29, 1.82) is 0 Å². The number of halogens is 1. The number of nitrogens with zero attached hydrogens (tertiary/aromatic N) is 1. The van der Waals surface area contributed by atoms with E-state index in [1.165, 1.54) is 17.5 Å². The fourth-order valence-electron chi connectivity index (χ4n) is 8.18. The number of rotatable bonds is 1. The molecule has 2 aromatic rings. The zero-order valence-corrected chi connectivity index (χ0v) is 29.9. The molecule has 3 aliphatic heterocycles. The Bertz CT molecular complexity index is 1530. The summed E-state index contributed by atoms with van der Waals surface area (Å²) in [6.45, 7) is 6.08. The van der Waals surface area contributed by atoms with Crippen molar-refractivity contribution < 1.29 is 18.8 Å². The fourth-order valence-corrected chi connectivity index (χ4v) is 12.6. The van der Waals surface area contributed by atoms with Crippen LogP contribution >= 0.6 is 35.1 Å². The molecule has 10 heteroatoms. The molecule has 6 nitrogen and oxygen atoms in total. The second-order valence-electron chi connectivity index (χ2n) is 14.1. The highest BCUT2D eigenvalue weighted by Crippen LogP contribution is 2.53. The molecule has 0 radical (unpaired) electrons. The minimum Gasteiger partial charge on any atom is -0.490 e. The van der Waals surface area contributed by atoms with E-state index in [1.54, 1.807) is 6.07 Å². The van der Waals surface area contributed by atoms with E-state index in [2.05, 4.69) is 40.8 Å². The summed E-state index contributed by atoms with van der Waals surface area (Å²) in [7, 11) is -1.55. The Morgan fingerprint density at radius 2 is 1.93 bits per heavy atom.